The van der Waals surface area contributed by atoms with Crippen molar-refractivity contribution < 1.29 is 4.79 Å². The van der Waals surface area contributed by atoms with Crippen LogP contribution in [0.2, 0.25) is 0 Å². The van der Waals surface area contributed by atoms with Gasteiger partial charge in [0.2, 0.25) is 5.91 Å². The molecule has 0 aliphatic heterocycles. The van der Waals surface area contributed by atoms with Gasteiger partial charge in [-0.25, -0.2) is 9.67 Å². The molecule has 0 spiro atoms. The molecule has 0 aliphatic rings. The normalized spacial score (nSPS) is 11.8. The monoisotopic (exact) mass is 421 g/mol. The second-order valence-electron chi connectivity index (χ2n) is 7.04. The van der Waals surface area contributed by atoms with E-state index in [1.807, 2.05) is 45.0 Å². The number of nitrogens with zero attached hydrogens (tertiary/aromatic N) is 3. The molecular formula is C22H23N5O2S. The molecule has 2 aromatic heterocycles. The number of amides is 1. The van der Waals surface area contributed by atoms with Crippen LogP contribution >= 0.6 is 11.8 Å². The summed E-state index contributed by atoms with van der Waals surface area (Å²) >= 11 is 1.26. The number of carbonyl (C=O) groups excluding carboxylic acids is 1. The number of hydrogen-bond acceptors (Lipinski definition) is 5. The largest absolute Gasteiger partial charge is 0.310 e. The average Bonchev–Trinajstić information content (AvgIpc) is 3.12. The van der Waals surface area contributed by atoms with Crippen molar-refractivity contribution in [1.82, 2.24) is 14.8 Å². The van der Waals surface area contributed by atoms with E-state index in [-0.39, 0.29) is 17.4 Å². The lowest BCUT2D eigenvalue weighted by Crippen LogP contribution is -2.25. The van der Waals surface area contributed by atoms with Crippen molar-refractivity contribution in [2.45, 2.75) is 43.4 Å². The SMILES string of the molecule is CCC(Sc1nc(C(C)C)ccc1C#N)C(=O)Nc1cc(=O)n(-c2ccccc2)[nH]1. The second kappa shape index (κ2) is 9.46. The molecule has 1 aromatic carbocycles. The van der Waals surface area contributed by atoms with E-state index in [1.165, 1.54) is 22.5 Å². The maximum atomic E-state index is 12.8. The van der Waals surface area contributed by atoms with E-state index in [1.54, 1.807) is 18.2 Å². The van der Waals surface area contributed by atoms with Crippen LogP contribution < -0.4 is 10.9 Å². The highest BCUT2D eigenvalue weighted by molar-refractivity contribution is 8.00. The molecule has 1 atom stereocenters. The van der Waals surface area contributed by atoms with Gasteiger partial charge in [-0.3, -0.25) is 14.7 Å². The molecule has 1 unspecified atom stereocenters. The number of nitriles is 1. The van der Waals surface area contributed by atoms with Crippen LogP contribution in [0.1, 0.15) is 44.4 Å². The Morgan fingerprint density at radius 2 is 2.00 bits per heavy atom. The minimum atomic E-state index is -0.462. The van der Waals surface area contributed by atoms with Crippen LogP contribution in [0.25, 0.3) is 5.69 Å². The summed E-state index contributed by atoms with van der Waals surface area (Å²) in [6, 6.07) is 16.2. The summed E-state index contributed by atoms with van der Waals surface area (Å²) in [5.41, 5.74) is 1.73. The number of aromatic amines is 1. The third-order valence-electron chi connectivity index (χ3n) is 4.50. The fraction of sp³-hybridized carbons (Fsp3) is 0.273. The lowest BCUT2D eigenvalue weighted by Gasteiger charge is -2.15. The van der Waals surface area contributed by atoms with E-state index >= 15 is 0 Å². The highest BCUT2D eigenvalue weighted by atomic mass is 32.2. The number of para-hydroxylation sites is 1. The van der Waals surface area contributed by atoms with Gasteiger partial charge in [-0.2, -0.15) is 5.26 Å². The first-order valence-corrected chi connectivity index (χ1v) is 10.6. The zero-order valence-electron chi connectivity index (χ0n) is 17.0. The van der Waals surface area contributed by atoms with E-state index in [9.17, 15) is 14.9 Å². The van der Waals surface area contributed by atoms with Gasteiger partial charge in [0, 0.05) is 11.8 Å². The minimum Gasteiger partial charge on any atom is -0.310 e. The fourth-order valence-corrected chi connectivity index (χ4v) is 3.85. The summed E-state index contributed by atoms with van der Waals surface area (Å²) in [5, 5.41) is 15.2. The molecule has 8 heteroatoms. The summed E-state index contributed by atoms with van der Waals surface area (Å²) in [5.74, 6) is 0.274. The van der Waals surface area contributed by atoms with Gasteiger partial charge in [0.15, 0.2) is 0 Å². The molecule has 7 nitrogen and oxygen atoms in total. The molecule has 30 heavy (non-hydrogen) atoms. The third-order valence-corrected chi connectivity index (χ3v) is 5.87. The van der Waals surface area contributed by atoms with Crippen LogP contribution in [0.4, 0.5) is 5.82 Å². The smallest absolute Gasteiger partial charge is 0.273 e. The number of hydrogen-bond donors (Lipinski definition) is 2. The van der Waals surface area contributed by atoms with E-state index in [2.05, 4.69) is 21.5 Å². The Balaban J connectivity index is 1.79. The average molecular weight is 422 g/mol. The van der Waals surface area contributed by atoms with Crippen LogP contribution in [-0.2, 0) is 4.79 Å². The first-order chi connectivity index (χ1) is 14.4. The zero-order valence-corrected chi connectivity index (χ0v) is 17.9. The van der Waals surface area contributed by atoms with Crippen molar-refractivity contribution in [3.8, 4) is 11.8 Å². The summed E-state index contributed by atoms with van der Waals surface area (Å²) in [4.78, 5) is 29.7. The predicted octanol–water partition coefficient (Wildman–Crippen LogP) is 4.07. The van der Waals surface area contributed by atoms with Crippen molar-refractivity contribution in [2.24, 2.45) is 0 Å². The number of rotatable bonds is 7. The first kappa shape index (κ1) is 21.4. The topological polar surface area (TPSA) is 104 Å². The highest BCUT2D eigenvalue weighted by Gasteiger charge is 2.22. The van der Waals surface area contributed by atoms with Crippen molar-refractivity contribution in [3.63, 3.8) is 0 Å². The van der Waals surface area contributed by atoms with Crippen molar-refractivity contribution in [1.29, 1.82) is 5.26 Å². The molecule has 0 aliphatic carbocycles. The highest BCUT2D eigenvalue weighted by Crippen LogP contribution is 2.29. The van der Waals surface area contributed by atoms with Gasteiger partial charge in [-0.1, -0.05) is 50.7 Å². The Hall–Kier alpha value is -3.31. The van der Waals surface area contributed by atoms with Crippen LogP contribution in [0.15, 0.2) is 58.4 Å². The molecule has 0 bridgehead atoms. The Bertz CT molecular complexity index is 1130. The number of thioether (sulfide) groups is 1. The number of nitrogens with one attached hydrogen (secondary N) is 2. The van der Waals surface area contributed by atoms with Crippen LogP contribution in [0.5, 0.6) is 0 Å². The summed E-state index contributed by atoms with van der Waals surface area (Å²) < 4.78 is 1.37. The van der Waals surface area contributed by atoms with Crippen LogP contribution in [0.3, 0.4) is 0 Å². The molecular weight excluding hydrogens is 398 g/mol. The Kier molecular flexibility index (Phi) is 6.75. The van der Waals surface area contributed by atoms with Gasteiger partial charge in [-0.15, -0.1) is 0 Å². The minimum absolute atomic E-state index is 0.217. The van der Waals surface area contributed by atoms with Crippen molar-refractivity contribution in [2.75, 3.05) is 5.32 Å². The standard InChI is InChI=1S/C22H23N5O2S/c1-4-18(30-22-15(13-23)10-11-17(24-22)14(2)3)21(29)25-19-12-20(28)27(26-19)16-8-6-5-7-9-16/h5-12,14,18,26H,4H2,1-3H3,(H,25,29). The molecule has 0 saturated heterocycles. The fourth-order valence-electron chi connectivity index (χ4n) is 2.85. The van der Waals surface area contributed by atoms with E-state index in [4.69, 9.17) is 0 Å². The quantitative estimate of drug-likeness (QED) is 0.560. The maximum absolute atomic E-state index is 12.8. The van der Waals surface area contributed by atoms with E-state index in [0.717, 1.165) is 5.69 Å². The third kappa shape index (κ3) is 4.81. The molecule has 1 amide bonds. The number of pyridine rings is 1. The van der Waals surface area contributed by atoms with Gasteiger partial charge in [-0.05, 0) is 36.6 Å². The Morgan fingerprint density at radius 1 is 1.27 bits per heavy atom. The molecule has 2 N–H and O–H groups in total. The molecule has 154 valence electrons. The van der Waals surface area contributed by atoms with Crippen LogP contribution in [-0.4, -0.2) is 25.9 Å². The van der Waals surface area contributed by atoms with Gasteiger partial charge >= 0.3 is 0 Å². The summed E-state index contributed by atoms with van der Waals surface area (Å²) in [6.07, 6.45) is 0.540. The lowest BCUT2D eigenvalue weighted by molar-refractivity contribution is -0.115. The number of carbonyl (C=O) groups is 1. The number of H-pyrrole nitrogens is 1. The molecule has 0 fully saturated rings. The molecule has 0 radical (unpaired) electrons. The van der Waals surface area contributed by atoms with E-state index < -0.39 is 5.25 Å². The van der Waals surface area contributed by atoms with Gasteiger partial charge in [0.1, 0.15) is 16.9 Å². The van der Waals surface area contributed by atoms with Crippen LogP contribution in [0, 0.1) is 11.3 Å². The first-order valence-electron chi connectivity index (χ1n) is 9.69. The van der Waals surface area contributed by atoms with Gasteiger partial charge < -0.3 is 5.32 Å². The lowest BCUT2D eigenvalue weighted by atomic mass is 10.1. The molecule has 3 rings (SSSR count). The number of anilines is 1. The van der Waals surface area contributed by atoms with Gasteiger partial charge in [0.05, 0.1) is 16.5 Å². The molecule has 0 saturated carbocycles. The predicted molar refractivity (Wildman–Crippen MR) is 118 cm³/mol. The molecule has 2 heterocycles. The van der Waals surface area contributed by atoms with Crippen molar-refractivity contribution >= 4 is 23.5 Å². The van der Waals surface area contributed by atoms with Crippen molar-refractivity contribution in [3.05, 3.63) is 70.1 Å². The van der Waals surface area contributed by atoms with E-state index in [0.29, 0.717) is 28.5 Å². The zero-order chi connectivity index (χ0) is 21.7. The molecule has 3 aromatic rings. The maximum Gasteiger partial charge on any atom is 0.273 e. The Morgan fingerprint density at radius 3 is 2.63 bits per heavy atom. The Labute approximate surface area is 179 Å². The number of benzene rings is 1. The summed E-state index contributed by atoms with van der Waals surface area (Å²) in [6.45, 7) is 5.95. The number of aromatic nitrogens is 3. The summed E-state index contributed by atoms with van der Waals surface area (Å²) in [7, 11) is 0. The second-order valence-corrected chi connectivity index (χ2v) is 8.23. The van der Waals surface area contributed by atoms with Gasteiger partial charge in [0.25, 0.3) is 5.56 Å².